The van der Waals surface area contributed by atoms with Gasteiger partial charge < -0.3 is 15.9 Å². The van der Waals surface area contributed by atoms with E-state index in [2.05, 4.69) is 10.4 Å². The van der Waals surface area contributed by atoms with Gasteiger partial charge in [0.05, 0.1) is 7.11 Å². The normalized spacial score (nSPS) is 11.1. The fourth-order valence-corrected chi connectivity index (χ4v) is 1.59. The van der Waals surface area contributed by atoms with Gasteiger partial charge in [-0.15, -0.1) is 0 Å². The van der Waals surface area contributed by atoms with E-state index < -0.39 is 0 Å². The highest BCUT2D eigenvalue weighted by atomic mass is 16.5. The number of methoxy groups -OCH3 is 1. The molecule has 2 aromatic carbocycles. The summed E-state index contributed by atoms with van der Waals surface area (Å²) >= 11 is 0. The maximum Gasteiger partial charge on any atom is 0.157 e. The van der Waals surface area contributed by atoms with Crippen LogP contribution in [0.1, 0.15) is 5.56 Å². The minimum atomic E-state index is 0.615. The average Bonchev–Trinajstić information content (AvgIpc) is 2.46. The first kappa shape index (κ1) is 12.0. The first-order chi connectivity index (χ1) is 8.83. The van der Waals surface area contributed by atoms with Gasteiger partial charge >= 0.3 is 0 Å². The molecule has 3 N–H and O–H groups in total. The molecule has 2 rings (SSSR count). The number of rotatable bonds is 3. The van der Waals surface area contributed by atoms with Crippen LogP contribution in [0.3, 0.4) is 0 Å². The Morgan fingerprint density at radius 3 is 2.28 bits per heavy atom. The highest BCUT2D eigenvalue weighted by Gasteiger charge is 2.03. The van der Waals surface area contributed by atoms with Crippen LogP contribution < -0.4 is 15.9 Å². The third-order valence-corrected chi connectivity index (χ3v) is 2.53. The summed E-state index contributed by atoms with van der Waals surface area (Å²) < 4.78 is 5.11. The number of nitrogens with one attached hydrogen (secondary N) is 1. The van der Waals surface area contributed by atoms with Crippen molar-refractivity contribution in [3.63, 3.8) is 0 Å². The van der Waals surface area contributed by atoms with E-state index in [1.165, 1.54) is 0 Å². The van der Waals surface area contributed by atoms with E-state index >= 15 is 0 Å². The summed E-state index contributed by atoms with van der Waals surface area (Å²) in [6.07, 6.45) is 0. The van der Waals surface area contributed by atoms with E-state index in [4.69, 9.17) is 10.6 Å². The van der Waals surface area contributed by atoms with Crippen LogP contribution in [0.2, 0.25) is 0 Å². The van der Waals surface area contributed by atoms with Crippen LogP contribution in [0, 0.1) is 0 Å². The van der Waals surface area contributed by atoms with Gasteiger partial charge in [-0.1, -0.05) is 18.2 Å². The molecular weight excluding hydrogens is 226 g/mol. The number of amidine groups is 1. The molecule has 0 bridgehead atoms. The Bertz CT molecular complexity index is 520. The summed E-state index contributed by atoms with van der Waals surface area (Å²) in [5.74, 6) is 6.83. The molecular formula is C14H15N3O. The molecule has 0 unspecified atom stereocenters. The largest absolute Gasteiger partial charge is 0.497 e. The molecule has 0 aromatic heterocycles. The second-order valence-electron chi connectivity index (χ2n) is 3.70. The molecule has 0 saturated carbocycles. The maximum absolute atomic E-state index is 5.42. The molecule has 0 radical (unpaired) electrons. The summed E-state index contributed by atoms with van der Waals surface area (Å²) in [5, 5.41) is 6.94. The van der Waals surface area contributed by atoms with E-state index in [1.807, 2.05) is 54.6 Å². The molecule has 92 valence electrons. The van der Waals surface area contributed by atoms with Gasteiger partial charge in [-0.25, -0.2) is 0 Å². The summed E-state index contributed by atoms with van der Waals surface area (Å²) in [6.45, 7) is 0. The lowest BCUT2D eigenvalue weighted by Gasteiger charge is -2.09. The van der Waals surface area contributed by atoms with Crippen molar-refractivity contribution in [1.29, 1.82) is 0 Å². The van der Waals surface area contributed by atoms with Crippen molar-refractivity contribution in [2.24, 2.45) is 10.9 Å². The Morgan fingerprint density at radius 2 is 1.72 bits per heavy atom. The van der Waals surface area contributed by atoms with Crippen molar-refractivity contribution in [1.82, 2.24) is 0 Å². The van der Waals surface area contributed by atoms with E-state index in [0.717, 1.165) is 17.0 Å². The monoisotopic (exact) mass is 241 g/mol. The van der Waals surface area contributed by atoms with E-state index in [9.17, 15) is 0 Å². The predicted octanol–water partition coefficient (Wildman–Crippen LogP) is 2.43. The van der Waals surface area contributed by atoms with Crippen molar-refractivity contribution >= 4 is 11.5 Å². The lowest BCUT2D eigenvalue weighted by molar-refractivity contribution is 0.415. The van der Waals surface area contributed by atoms with Gasteiger partial charge in [-0.2, -0.15) is 5.10 Å². The summed E-state index contributed by atoms with van der Waals surface area (Å²) in [7, 11) is 1.63. The van der Waals surface area contributed by atoms with Crippen molar-refractivity contribution in [3.05, 3.63) is 60.2 Å². The molecule has 0 fully saturated rings. The number of hydrazone groups is 1. The minimum Gasteiger partial charge on any atom is -0.497 e. The zero-order valence-corrected chi connectivity index (χ0v) is 10.1. The van der Waals surface area contributed by atoms with Crippen LogP contribution in [0.4, 0.5) is 5.69 Å². The third-order valence-electron chi connectivity index (χ3n) is 2.53. The van der Waals surface area contributed by atoms with Crippen LogP contribution in [0.25, 0.3) is 0 Å². The summed E-state index contributed by atoms with van der Waals surface area (Å²) in [6, 6.07) is 17.3. The number of nitrogens with two attached hydrogens (primary N) is 1. The van der Waals surface area contributed by atoms with Crippen molar-refractivity contribution in [2.75, 3.05) is 12.4 Å². The van der Waals surface area contributed by atoms with Crippen LogP contribution in [-0.4, -0.2) is 12.9 Å². The molecule has 0 aliphatic heterocycles. The number of anilines is 1. The zero-order valence-electron chi connectivity index (χ0n) is 10.1. The van der Waals surface area contributed by atoms with E-state index in [0.29, 0.717) is 5.84 Å². The average molecular weight is 241 g/mol. The standard InChI is InChI=1S/C14H15N3O/c1-18-13-9-7-11(8-10-13)14(17-15)16-12-5-3-2-4-6-12/h2-10H,15H2,1H3,(H,16,17). The molecule has 0 heterocycles. The Morgan fingerprint density at radius 1 is 1.06 bits per heavy atom. The molecule has 0 aliphatic carbocycles. The fraction of sp³-hybridized carbons (Fsp3) is 0.0714. The molecule has 2 aromatic rings. The predicted molar refractivity (Wildman–Crippen MR) is 73.8 cm³/mol. The lowest BCUT2D eigenvalue weighted by Crippen LogP contribution is -2.15. The Balaban J connectivity index is 2.18. The first-order valence-corrected chi connectivity index (χ1v) is 5.58. The smallest absolute Gasteiger partial charge is 0.157 e. The zero-order chi connectivity index (χ0) is 12.8. The van der Waals surface area contributed by atoms with Gasteiger partial charge in [-0.3, -0.25) is 0 Å². The summed E-state index contributed by atoms with van der Waals surface area (Å²) in [5.41, 5.74) is 1.85. The van der Waals surface area contributed by atoms with Crippen LogP contribution in [-0.2, 0) is 0 Å². The highest BCUT2D eigenvalue weighted by molar-refractivity contribution is 6.08. The molecule has 4 heteroatoms. The van der Waals surface area contributed by atoms with Crippen LogP contribution in [0.5, 0.6) is 5.75 Å². The van der Waals surface area contributed by atoms with E-state index in [1.54, 1.807) is 7.11 Å². The van der Waals surface area contributed by atoms with Gasteiger partial charge in [0, 0.05) is 11.3 Å². The molecule has 0 aliphatic rings. The number of hydrogen-bond donors (Lipinski definition) is 2. The second kappa shape index (κ2) is 5.72. The third kappa shape index (κ3) is 2.79. The van der Waals surface area contributed by atoms with Crippen molar-refractivity contribution in [3.8, 4) is 5.75 Å². The van der Waals surface area contributed by atoms with E-state index in [-0.39, 0.29) is 0 Å². The van der Waals surface area contributed by atoms with Crippen molar-refractivity contribution < 1.29 is 4.74 Å². The highest BCUT2D eigenvalue weighted by Crippen LogP contribution is 2.13. The fourth-order valence-electron chi connectivity index (χ4n) is 1.59. The molecule has 0 amide bonds. The second-order valence-corrected chi connectivity index (χ2v) is 3.70. The quantitative estimate of drug-likeness (QED) is 0.375. The number of para-hydroxylation sites is 1. The van der Waals surface area contributed by atoms with Gasteiger partial charge in [0.15, 0.2) is 5.84 Å². The van der Waals surface area contributed by atoms with Gasteiger partial charge in [0.1, 0.15) is 5.75 Å². The van der Waals surface area contributed by atoms with Gasteiger partial charge in [-0.05, 0) is 36.4 Å². The Labute approximate surface area is 106 Å². The lowest BCUT2D eigenvalue weighted by atomic mass is 10.2. The SMILES string of the molecule is COc1ccc(/C(=N/N)Nc2ccccc2)cc1. The molecule has 4 nitrogen and oxygen atoms in total. The molecule has 0 spiro atoms. The minimum absolute atomic E-state index is 0.615. The Kier molecular flexibility index (Phi) is 3.81. The van der Waals surface area contributed by atoms with Crippen LogP contribution in [0.15, 0.2) is 59.7 Å². The number of benzene rings is 2. The van der Waals surface area contributed by atoms with Gasteiger partial charge in [0.25, 0.3) is 0 Å². The number of ether oxygens (including phenoxy) is 1. The molecule has 18 heavy (non-hydrogen) atoms. The summed E-state index contributed by atoms with van der Waals surface area (Å²) in [4.78, 5) is 0. The van der Waals surface area contributed by atoms with Crippen molar-refractivity contribution in [2.45, 2.75) is 0 Å². The number of hydrogen-bond acceptors (Lipinski definition) is 3. The topological polar surface area (TPSA) is 59.6 Å². The molecule has 0 saturated heterocycles. The number of nitrogens with zero attached hydrogens (tertiary/aromatic N) is 1. The van der Waals surface area contributed by atoms with Gasteiger partial charge in [0.2, 0.25) is 0 Å². The molecule has 0 atom stereocenters. The first-order valence-electron chi connectivity index (χ1n) is 5.58. The Hall–Kier alpha value is -2.49. The maximum atomic E-state index is 5.42. The van der Waals surface area contributed by atoms with Crippen LogP contribution >= 0.6 is 0 Å².